The van der Waals surface area contributed by atoms with E-state index in [1.165, 1.54) is 12.8 Å². The van der Waals surface area contributed by atoms with Crippen molar-refractivity contribution in [3.8, 4) is 0 Å². The highest BCUT2D eigenvalue weighted by molar-refractivity contribution is 5.83. The largest absolute Gasteiger partial charge is 0.479 e. The van der Waals surface area contributed by atoms with Crippen molar-refractivity contribution in [2.24, 2.45) is 5.92 Å². The zero-order valence-electron chi connectivity index (χ0n) is 13.1. The lowest BCUT2D eigenvalue weighted by Crippen LogP contribution is -2.45. The second-order valence-electron chi connectivity index (χ2n) is 6.68. The van der Waals surface area contributed by atoms with E-state index >= 15 is 0 Å². The van der Waals surface area contributed by atoms with Crippen LogP contribution in [0.2, 0.25) is 0 Å². The fraction of sp³-hybridized carbons (Fsp3) is 0.875. The normalized spacial score (nSPS) is 26.4. The Balaban J connectivity index is 1.98. The molecule has 0 aromatic heterocycles. The maximum absolute atomic E-state index is 12.7. The van der Waals surface area contributed by atoms with Crippen molar-refractivity contribution < 1.29 is 19.4 Å². The Bertz CT molecular complexity index is 376. The van der Waals surface area contributed by atoms with Gasteiger partial charge < -0.3 is 14.7 Å². The van der Waals surface area contributed by atoms with E-state index in [4.69, 9.17) is 9.84 Å². The minimum Gasteiger partial charge on any atom is -0.479 e. The summed E-state index contributed by atoms with van der Waals surface area (Å²) in [6.45, 7) is 5.08. The number of ether oxygens (including phenoxy) is 1. The van der Waals surface area contributed by atoms with Crippen molar-refractivity contribution in [2.45, 2.75) is 77.0 Å². The third-order valence-electron chi connectivity index (χ3n) is 4.57. The van der Waals surface area contributed by atoms with Gasteiger partial charge in [0.05, 0.1) is 0 Å². The predicted molar refractivity (Wildman–Crippen MR) is 79.0 cm³/mol. The minimum atomic E-state index is -0.958. The molecule has 1 heterocycles. The second kappa shape index (κ2) is 7.25. The van der Waals surface area contributed by atoms with Crippen LogP contribution in [0.3, 0.4) is 0 Å². The Morgan fingerprint density at radius 3 is 2.29 bits per heavy atom. The standard InChI is InChI=1S/C16H27NO4/c1-11(2)9-10-17(12-5-3-4-6-12)15(18)13-7-8-14(21-13)16(19)20/h11-14H,3-10H2,1-2H3,(H,19,20)/t13-,14+/m0/s1. The number of aliphatic carboxylic acids is 1. The van der Waals surface area contributed by atoms with E-state index in [1.54, 1.807) is 0 Å². The van der Waals surface area contributed by atoms with E-state index in [0.717, 1.165) is 25.8 Å². The van der Waals surface area contributed by atoms with Gasteiger partial charge in [0, 0.05) is 12.6 Å². The number of carboxylic acids is 1. The van der Waals surface area contributed by atoms with Crippen LogP contribution in [-0.2, 0) is 14.3 Å². The molecule has 2 rings (SSSR count). The van der Waals surface area contributed by atoms with Gasteiger partial charge in [0.1, 0.15) is 6.10 Å². The summed E-state index contributed by atoms with van der Waals surface area (Å²) in [5, 5.41) is 8.99. The molecule has 1 amide bonds. The number of hydrogen-bond donors (Lipinski definition) is 1. The highest BCUT2D eigenvalue weighted by atomic mass is 16.5. The van der Waals surface area contributed by atoms with Crippen molar-refractivity contribution in [3.63, 3.8) is 0 Å². The molecule has 1 N–H and O–H groups in total. The van der Waals surface area contributed by atoms with Gasteiger partial charge in [0.15, 0.2) is 6.10 Å². The van der Waals surface area contributed by atoms with Crippen LogP contribution in [0.5, 0.6) is 0 Å². The van der Waals surface area contributed by atoms with Gasteiger partial charge in [-0.25, -0.2) is 4.79 Å². The first-order chi connectivity index (χ1) is 9.99. The van der Waals surface area contributed by atoms with Crippen LogP contribution in [0.4, 0.5) is 0 Å². The Morgan fingerprint density at radius 1 is 1.14 bits per heavy atom. The molecule has 0 unspecified atom stereocenters. The summed E-state index contributed by atoms with van der Waals surface area (Å²) in [6.07, 6.45) is 5.08. The highest BCUT2D eigenvalue weighted by Crippen LogP contribution is 2.28. The summed E-state index contributed by atoms with van der Waals surface area (Å²) in [5.41, 5.74) is 0. The molecule has 1 aliphatic carbocycles. The maximum Gasteiger partial charge on any atom is 0.332 e. The Morgan fingerprint density at radius 2 is 1.76 bits per heavy atom. The smallest absolute Gasteiger partial charge is 0.332 e. The molecular formula is C16H27NO4. The summed E-state index contributed by atoms with van der Waals surface area (Å²) < 4.78 is 5.44. The summed E-state index contributed by atoms with van der Waals surface area (Å²) in [5.74, 6) is -0.399. The van der Waals surface area contributed by atoms with Gasteiger partial charge in [-0.3, -0.25) is 4.79 Å². The summed E-state index contributed by atoms with van der Waals surface area (Å²) in [6, 6.07) is 0.323. The first-order valence-electron chi connectivity index (χ1n) is 8.17. The first kappa shape index (κ1) is 16.3. The van der Waals surface area contributed by atoms with Crippen LogP contribution >= 0.6 is 0 Å². The molecule has 0 spiro atoms. The molecule has 21 heavy (non-hydrogen) atoms. The van der Waals surface area contributed by atoms with Gasteiger partial charge >= 0.3 is 5.97 Å². The van der Waals surface area contributed by atoms with Gasteiger partial charge in [-0.1, -0.05) is 26.7 Å². The summed E-state index contributed by atoms with van der Waals surface area (Å²) in [4.78, 5) is 25.7. The lowest BCUT2D eigenvalue weighted by atomic mass is 10.1. The van der Waals surface area contributed by atoms with E-state index in [0.29, 0.717) is 24.8 Å². The zero-order chi connectivity index (χ0) is 15.4. The molecule has 0 aromatic rings. The fourth-order valence-electron chi connectivity index (χ4n) is 3.27. The van der Waals surface area contributed by atoms with Gasteiger partial charge in [0.2, 0.25) is 0 Å². The summed E-state index contributed by atoms with van der Waals surface area (Å²) in [7, 11) is 0. The summed E-state index contributed by atoms with van der Waals surface area (Å²) >= 11 is 0. The average Bonchev–Trinajstić information content (AvgIpc) is 3.09. The fourth-order valence-corrected chi connectivity index (χ4v) is 3.27. The van der Waals surface area contributed by atoms with Gasteiger partial charge in [0.25, 0.3) is 5.91 Å². The molecule has 0 aromatic carbocycles. The zero-order valence-corrected chi connectivity index (χ0v) is 13.1. The SMILES string of the molecule is CC(C)CCN(C(=O)[C@@H]1CC[C@H](C(=O)O)O1)C1CCCC1. The highest BCUT2D eigenvalue weighted by Gasteiger charge is 2.38. The number of rotatable bonds is 6. The van der Waals surface area contributed by atoms with Crippen molar-refractivity contribution in [1.82, 2.24) is 4.90 Å². The monoisotopic (exact) mass is 297 g/mol. The predicted octanol–water partition coefficient (Wildman–Crippen LogP) is 2.44. The van der Waals surface area contributed by atoms with E-state index in [2.05, 4.69) is 13.8 Å². The molecule has 1 saturated heterocycles. The van der Waals surface area contributed by atoms with Crippen molar-refractivity contribution in [2.75, 3.05) is 6.54 Å². The van der Waals surface area contributed by atoms with Crippen LogP contribution in [0.1, 0.15) is 58.8 Å². The van der Waals surface area contributed by atoms with E-state index in [-0.39, 0.29) is 5.91 Å². The van der Waals surface area contributed by atoms with Crippen molar-refractivity contribution >= 4 is 11.9 Å². The molecule has 2 atom stereocenters. The molecule has 2 fully saturated rings. The number of carboxylic acid groups (broad SMARTS) is 1. The van der Waals surface area contributed by atoms with Crippen LogP contribution in [0.15, 0.2) is 0 Å². The Hall–Kier alpha value is -1.10. The van der Waals surface area contributed by atoms with Gasteiger partial charge in [-0.15, -0.1) is 0 Å². The molecule has 2 aliphatic rings. The third-order valence-corrected chi connectivity index (χ3v) is 4.57. The molecule has 5 heteroatoms. The van der Waals surface area contributed by atoms with Gasteiger partial charge in [-0.05, 0) is 38.0 Å². The number of nitrogens with zero attached hydrogens (tertiary/aromatic N) is 1. The Kier molecular flexibility index (Phi) is 5.62. The van der Waals surface area contributed by atoms with E-state index in [1.807, 2.05) is 4.90 Å². The molecule has 1 saturated carbocycles. The van der Waals surface area contributed by atoms with Crippen LogP contribution in [0.25, 0.3) is 0 Å². The number of carbonyl (C=O) groups is 2. The maximum atomic E-state index is 12.7. The molecule has 0 bridgehead atoms. The third kappa shape index (κ3) is 4.19. The van der Waals surface area contributed by atoms with Crippen molar-refractivity contribution in [1.29, 1.82) is 0 Å². The lowest BCUT2D eigenvalue weighted by molar-refractivity contribution is -0.155. The molecule has 1 aliphatic heterocycles. The first-order valence-corrected chi connectivity index (χ1v) is 8.17. The van der Waals surface area contributed by atoms with E-state index in [9.17, 15) is 9.59 Å². The molecule has 0 radical (unpaired) electrons. The second-order valence-corrected chi connectivity index (χ2v) is 6.68. The van der Waals surface area contributed by atoms with Crippen molar-refractivity contribution in [3.05, 3.63) is 0 Å². The molecule has 5 nitrogen and oxygen atoms in total. The van der Waals surface area contributed by atoms with Gasteiger partial charge in [-0.2, -0.15) is 0 Å². The Labute approximate surface area is 126 Å². The minimum absolute atomic E-state index is 0.00583. The quantitative estimate of drug-likeness (QED) is 0.817. The molecule has 120 valence electrons. The topological polar surface area (TPSA) is 66.8 Å². The van der Waals surface area contributed by atoms with Crippen LogP contribution in [-0.4, -0.2) is 46.7 Å². The van der Waals surface area contributed by atoms with E-state index < -0.39 is 18.2 Å². The number of hydrogen-bond acceptors (Lipinski definition) is 3. The average molecular weight is 297 g/mol. The lowest BCUT2D eigenvalue weighted by Gasteiger charge is -2.31. The number of carbonyl (C=O) groups excluding carboxylic acids is 1. The number of amides is 1. The molecular weight excluding hydrogens is 270 g/mol. The van der Waals surface area contributed by atoms with Crippen LogP contribution in [0, 0.1) is 5.92 Å². The van der Waals surface area contributed by atoms with Crippen LogP contribution < -0.4 is 0 Å².